The third-order valence-corrected chi connectivity index (χ3v) is 2.91. The molecule has 0 radical (unpaired) electrons. The molecule has 100 valence electrons. The molecule has 2 heterocycles. The summed E-state index contributed by atoms with van der Waals surface area (Å²) in [4.78, 5) is 13.2. The van der Waals surface area contributed by atoms with Crippen molar-refractivity contribution in [2.24, 2.45) is 0 Å². The minimum atomic E-state index is 0.00324. The molecule has 0 bridgehead atoms. The van der Waals surface area contributed by atoms with Crippen molar-refractivity contribution < 1.29 is 4.79 Å². The third kappa shape index (κ3) is 3.12. The van der Waals surface area contributed by atoms with E-state index in [0.29, 0.717) is 0 Å². The van der Waals surface area contributed by atoms with E-state index in [1.54, 1.807) is 11.1 Å². The largest absolute Gasteiger partial charge is 0.386 e. The SMILES string of the molecule is C=CC(=O)N1CCC(n2cc(NC)cn2)C1.CC. The Labute approximate surface area is 108 Å². The van der Waals surface area contributed by atoms with E-state index in [0.717, 1.165) is 25.2 Å². The molecular weight excluding hydrogens is 228 g/mol. The highest BCUT2D eigenvalue weighted by molar-refractivity contribution is 5.87. The molecule has 0 aromatic carbocycles. The summed E-state index contributed by atoms with van der Waals surface area (Å²) >= 11 is 0. The Kier molecular flexibility index (Phi) is 5.42. The van der Waals surface area contributed by atoms with Crippen LogP contribution in [0.25, 0.3) is 0 Å². The normalized spacial score (nSPS) is 17.9. The van der Waals surface area contributed by atoms with Gasteiger partial charge in [0.05, 0.1) is 17.9 Å². The predicted molar refractivity (Wildman–Crippen MR) is 73.6 cm³/mol. The quantitative estimate of drug-likeness (QED) is 0.834. The van der Waals surface area contributed by atoms with Gasteiger partial charge in [0.2, 0.25) is 5.91 Å². The summed E-state index contributed by atoms with van der Waals surface area (Å²) in [5.74, 6) is 0.00324. The number of nitrogens with zero attached hydrogens (tertiary/aromatic N) is 3. The monoisotopic (exact) mass is 250 g/mol. The van der Waals surface area contributed by atoms with Crippen LogP contribution in [0.1, 0.15) is 26.3 Å². The molecule has 1 amide bonds. The number of carbonyl (C=O) groups is 1. The van der Waals surface area contributed by atoms with Crippen LogP contribution in [0.2, 0.25) is 0 Å². The van der Waals surface area contributed by atoms with Crippen molar-refractivity contribution >= 4 is 11.6 Å². The van der Waals surface area contributed by atoms with E-state index < -0.39 is 0 Å². The van der Waals surface area contributed by atoms with Gasteiger partial charge in [-0.05, 0) is 12.5 Å². The summed E-state index contributed by atoms with van der Waals surface area (Å²) in [5.41, 5.74) is 0.994. The van der Waals surface area contributed by atoms with Gasteiger partial charge in [-0.2, -0.15) is 5.10 Å². The highest BCUT2D eigenvalue weighted by atomic mass is 16.2. The minimum absolute atomic E-state index is 0.00324. The van der Waals surface area contributed by atoms with E-state index in [4.69, 9.17) is 0 Å². The first-order valence-corrected chi connectivity index (χ1v) is 6.38. The summed E-state index contributed by atoms with van der Waals surface area (Å²) < 4.78 is 1.92. The molecule has 1 aliphatic heterocycles. The van der Waals surface area contributed by atoms with E-state index in [1.165, 1.54) is 6.08 Å². The van der Waals surface area contributed by atoms with Gasteiger partial charge in [0.25, 0.3) is 0 Å². The van der Waals surface area contributed by atoms with E-state index in [1.807, 2.05) is 31.8 Å². The smallest absolute Gasteiger partial charge is 0.246 e. The molecule has 5 nitrogen and oxygen atoms in total. The molecule has 0 aliphatic carbocycles. The molecule has 1 unspecified atom stereocenters. The molecule has 2 rings (SSSR count). The highest BCUT2D eigenvalue weighted by Crippen LogP contribution is 2.22. The van der Waals surface area contributed by atoms with Crippen LogP contribution in [0, 0.1) is 0 Å². The first kappa shape index (κ1) is 14.3. The zero-order valence-electron chi connectivity index (χ0n) is 11.4. The van der Waals surface area contributed by atoms with Crippen molar-refractivity contribution in [3.05, 3.63) is 25.0 Å². The fourth-order valence-corrected chi connectivity index (χ4v) is 1.95. The molecular formula is C13H22N4O. The molecule has 5 heteroatoms. The third-order valence-electron chi connectivity index (χ3n) is 2.91. The molecule has 1 fully saturated rings. The Hall–Kier alpha value is -1.78. The average Bonchev–Trinajstić information content (AvgIpc) is 3.08. The van der Waals surface area contributed by atoms with E-state index in [-0.39, 0.29) is 11.9 Å². The maximum atomic E-state index is 11.4. The van der Waals surface area contributed by atoms with Gasteiger partial charge in [0.1, 0.15) is 0 Å². The number of hydrogen-bond acceptors (Lipinski definition) is 3. The number of anilines is 1. The lowest BCUT2D eigenvalue weighted by molar-refractivity contribution is -0.125. The molecule has 18 heavy (non-hydrogen) atoms. The van der Waals surface area contributed by atoms with Crippen molar-refractivity contribution in [3.63, 3.8) is 0 Å². The number of rotatable bonds is 3. The Morgan fingerprint density at radius 1 is 1.61 bits per heavy atom. The zero-order valence-corrected chi connectivity index (χ0v) is 11.4. The van der Waals surface area contributed by atoms with E-state index >= 15 is 0 Å². The number of nitrogens with one attached hydrogen (secondary N) is 1. The van der Waals surface area contributed by atoms with E-state index in [9.17, 15) is 4.79 Å². The second kappa shape index (κ2) is 6.83. The summed E-state index contributed by atoms with van der Waals surface area (Å²) in [5, 5.41) is 7.31. The van der Waals surface area contributed by atoms with E-state index in [2.05, 4.69) is 17.0 Å². The van der Waals surface area contributed by atoms with Gasteiger partial charge in [-0.25, -0.2) is 0 Å². The minimum Gasteiger partial charge on any atom is -0.386 e. The molecule has 1 aliphatic rings. The Morgan fingerprint density at radius 2 is 2.33 bits per heavy atom. The number of carbonyl (C=O) groups excluding carboxylic acids is 1. The van der Waals surface area contributed by atoms with Crippen molar-refractivity contribution in [1.29, 1.82) is 0 Å². The van der Waals surface area contributed by atoms with Crippen LogP contribution in [0.15, 0.2) is 25.0 Å². The van der Waals surface area contributed by atoms with Crippen molar-refractivity contribution in [1.82, 2.24) is 14.7 Å². The average molecular weight is 250 g/mol. The lowest BCUT2D eigenvalue weighted by atomic mass is 10.3. The van der Waals surface area contributed by atoms with Gasteiger partial charge in [-0.3, -0.25) is 9.48 Å². The molecule has 1 aromatic heterocycles. The summed E-state index contributed by atoms with van der Waals surface area (Å²) in [6.07, 6.45) is 6.07. The lowest BCUT2D eigenvalue weighted by Gasteiger charge is -2.14. The number of likely N-dealkylation sites (tertiary alicyclic amines) is 1. The zero-order chi connectivity index (χ0) is 13.5. The fourth-order valence-electron chi connectivity index (χ4n) is 1.95. The second-order valence-corrected chi connectivity index (χ2v) is 3.89. The van der Waals surface area contributed by atoms with Gasteiger partial charge in [-0.1, -0.05) is 20.4 Å². The summed E-state index contributed by atoms with van der Waals surface area (Å²) in [6, 6.07) is 0.283. The molecule has 1 atom stereocenters. The number of hydrogen-bond donors (Lipinski definition) is 1. The molecule has 0 saturated carbocycles. The van der Waals surface area contributed by atoms with Gasteiger partial charge in [0, 0.05) is 26.3 Å². The first-order chi connectivity index (χ1) is 8.74. The Morgan fingerprint density at radius 3 is 2.89 bits per heavy atom. The fraction of sp³-hybridized carbons (Fsp3) is 0.538. The lowest BCUT2D eigenvalue weighted by Crippen LogP contribution is -2.27. The van der Waals surface area contributed by atoms with Gasteiger partial charge >= 0.3 is 0 Å². The Balaban J connectivity index is 0.000000771. The summed E-state index contributed by atoms with van der Waals surface area (Å²) in [7, 11) is 1.86. The van der Waals surface area contributed by atoms with Crippen LogP contribution in [-0.4, -0.2) is 40.7 Å². The van der Waals surface area contributed by atoms with Crippen molar-refractivity contribution in [3.8, 4) is 0 Å². The number of amides is 1. The van der Waals surface area contributed by atoms with Crippen LogP contribution in [0.3, 0.4) is 0 Å². The van der Waals surface area contributed by atoms with Crippen molar-refractivity contribution in [2.75, 3.05) is 25.5 Å². The van der Waals surface area contributed by atoms with Crippen LogP contribution in [0.4, 0.5) is 5.69 Å². The first-order valence-electron chi connectivity index (χ1n) is 6.38. The Bertz CT molecular complexity index is 399. The molecule has 0 spiro atoms. The topological polar surface area (TPSA) is 50.2 Å². The standard InChI is InChI=1S/C11H16N4O.C2H6/c1-3-11(16)14-5-4-10(8-14)15-7-9(12-2)6-13-15;1-2/h3,6-7,10,12H,1,4-5,8H2,2H3;1-2H3. The van der Waals surface area contributed by atoms with Crippen LogP contribution < -0.4 is 5.32 Å². The van der Waals surface area contributed by atoms with Crippen LogP contribution in [-0.2, 0) is 4.79 Å². The van der Waals surface area contributed by atoms with Gasteiger partial charge in [-0.15, -0.1) is 0 Å². The maximum Gasteiger partial charge on any atom is 0.246 e. The van der Waals surface area contributed by atoms with Crippen LogP contribution in [0.5, 0.6) is 0 Å². The van der Waals surface area contributed by atoms with Crippen LogP contribution >= 0.6 is 0 Å². The molecule has 1 N–H and O–H groups in total. The van der Waals surface area contributed by atoms with Crippen molar-refractivity contribution in [2.45, 2.75) is 26.3 Å². The van der Waals surface area contributed by atoms with Gasteiger partial charge in [0.15, 0.2) is 0 Å². The second-order valence-electron chi connectivity index (χ2n) is 3.89. The predicted octanol–water partition coefficient (Wildman–Crippen LogP) is 1.91. The number of aromatic nitrogens is 2. The highest BCUT2D eigenvalue weighted by Gasteiger charge is 2.26. The molecule has 1 aromatic rings. The summed E-state index contributed by atoms with van der Waals surface area (Å²) in [6.45, 7) is 9.00. The molecule has 1 saturated heterocycles. The van der Waals surface area contributed by atoms with Gasteiger partial charge < -0.3 is 10.2 Å². The maximum absolute atomic E-state index is 11.4.